The number of nitro groups is 1. The van der Waals surface area contributed by atoms with Crippen molar-refractivity contribution in [2.45, 2.75) is 40.0 Å². The summed E-state index contributed by atoms with van der Waals surface area (Å²) < 4.78 is 12.4. The fourth-order valence-corrected chi connectivity index (χ4v) is 3.59. The Labute approximate surface area is 203 Å². The molecule has 0 saturated heterocycles. The minimum Gasteiger partial charge on any atom is -0.490 e. The molecule has 0 aliphatic carbocycles. The number of rotatable bonds is 8. The summed E-state index contributed by atoms with van der Waals surface area (Å²) in [6.45, 7) is 6.93. The van der Waals surface area contributed by atoms with Crippen LogP contribution in [0.3, 0.4) is 0 Å². The lowest BCUT2D eigenvalue weighted by atomic mass is 10.1. The van der Waals surface area contributed by atoms with Crippen LogP contribution in [0.25, 0.3) is 10.9 Å². The van der Waals surface area contributed by atoms with Crippen LogP contribution < -0.4 is 15.0 Å². The quantitative estimate of drug-likeness (QED) is 0.135. The number of aromatic nitrogens is 2. The van der Waals surface area contributed by atoms with Gasteiger partial charge in [-0.3, -0.25) is 19.7 Å². The van der Waals surface area contributed by atoms with Crippen molar-refractivity contribution in [1.29, 1.82) is 0 Å². The lowest BCUT2D eigenvalue weighted by Gasteiger charge is -2.14. The molecule has 0 aliphatic rings. The molecule has 0 amide bonds. The van der Waals surface area contributed by atoms with Gasteiger partial charge in [0.2, 0.25) is 5.75 Å². The molecule has 34 heavy (non-hydrogen) atoms. The van der Waals surface area contributed by atoms with Crippen LogP contribution in [0.2, 0.25) is 0 Å². The number of esters is 1. The molecular weight excluding hydrogens is 508 g/mol. The van der Waals surface area contributed by atoms with Crippen LogP contribution in [-0.4, -0.2) is 33.4 Å². The van der Waals surface area contributed by atoms with E-state index in [-0.39, 0.29) is 35.1 Å². The van der Waals surface area contributed by atoms with E-state index in [1.807, 2.05) is 19.9 Å². The first-order chi connectivity index (χ1) is 16.2. The lowest BCUT2D eigenvalue weighted by molar-refractivity contribution is -0.385. The molecule has 0 aliphatic heterocycles. The number of benzene rings is 2. The highest BCUT2D eigenvalue weighted by atomic mass is 79.9. The maximum absolute atomic E-state index is 13.3. The van der Waals surface area contributed by atoms with Gasteiger partial charge in [0.15, 0.2) is 5.75 Å². The second-order valence-electron chi connectivity index (χ2n) is 7.45. The van der Waals surface area contributed by atoms with Crippen molar-refractivity contribution < 1.29 is 19.2 Å². The molecule has 1 atom stereocenters. The van der Waals surface area contributed by atoms with Gasteiger partial charge in [-0.05, 0) is 37.6 Å². The van der Waals surface area contributed by atoms with Gasteiger partial charge in [-0.2, -0.15) is 9.78 Å². The normalized spacial score (nSPS) is 12.1. The van der Waals surface area contributed by atoms with E-state index in [2.05, 4.69) is 26.0 Å². The predicted octanol–water partition coefficient (Wildman–Crippen LogP) is 4.79. The Morgan fingerprint density at radius 1 is 1.32 bits per heavy atom. The Balaban J connectivity index is 2.20. The first-order valence-corrected chi connectivity index (χ1v) is 11.4. The molecule has 3 rings (SSSR count). The molecule has 0 saturated carbocycles. The average molecular weight is 531 g/mol. The zero-order valence-electron chi connectivity index (χ0n) is 19.1. The van der Waals surface area contributed by atoms with Crippen LogP contribution in [0.4, 0.5) is 5.69 Å². The SMILES string of the molecule is CCOc1cc(C=Nn2c([C@@H](C)CC)nc3ccc(Br)cc3c2=O)cc([N+](=O)[O-])c1OC(C)=O. The second kappa shape index (κ2) is 10.6. The highest BCUT2D eigenvalue weighted by Gasteiger charge is 2.24. The maximum Gasteiger partial charge on any atom is 0.316 e. The number of halogens is 1. The number of ether oxygens (including phenoxy) is 2. The minimum absolute atomic E-state index is 0.0170. The number of carbonyl (C=O) groups is 1. The molecule has 0 fully saturated rings. The lowest BCUT2D eigenvalue weighted by Crippen LogP contribution is -2.23. The predicted molar refractivity (Wildman–Crippen MR) is 131 cm³/mol. The molecule has 1 heterocycles. The third-order valence-electron chi connectivity index (χ3n) is 5.01. The smallest absolute Gasteiger partial charge is 0.316 e. The Morgan fingerprint density at radius 3 is 2.68 bits per heavy atom. The van der Waals surface area contributed by atoms with Crippen LogP contribution >= 0.6 is 15.9 Å². The van der Waals surface area contributed by atoms with Crippen LogP contribution in [-0.2, 0) is 4.79 Å². The fourth-order valence-electron chi connectivity index (χ4n) is 3.23. The molecule has 0 unspecified atom stereocenters. The van der Waals surface area contributed by atoms with Gasteiger partial charge in [-0.15, -0.1) is 0 Å². The van der Waals surface area contributed by atoms with E-state index in [1.165, 1.54) is 23.0 Å². The molecule has 0 spiro atoms. The van der Waals surface area contributed by atoms with Crippen molar-refractivity contribution in [3.05, 3.63) is 66.7 Å². The molecule has 0 bridgehead atoms. The maximum atomic E-state index is 13.3. The molecule has 10 nitrogen and oxygen atoms in total. The number of nitrogens with zero attached hydrogens (tertiary/aromatic N) is 4. The average Bonchev–Trinajstić information content (AvgIpc) is 2.79. The van der Waals surface area contributed by atoms with Crippen molar-refractivity contribution in [2.75, 3.05) is 6.61 Å². The van der Waals surface area contributed by atoms with Crippen molar-refractivity contribution >= 4 is 44.7 Å². The molecule has 0 N–H and O–H groups in total. The molecular formula is C23H23BrN4O6. The van der Waals surface area contributed by atoms with E-state index < -0.39 is 16.6 Å². The van der Waals surface area contributed by atoms with Crippen molar-refractivity contribution in [2.24, 2.45) is 5.10 Å². The first-order valence-electron chi connectivity index (χ1n) is 10.6. The standard InChI is InChI=1S/C23H23BrN4O6/c1-5-13(3)22-26-18-8-7-16(24)11-17(18)23(30)27(22)25-12-15-9-19(28(31)32)21(34-14(4)29)20(10-15)33-6-2/h7-13H,5-6H2,1-4H3/t13-/m0/s1. The summed E-state index contributed by atoms with van der Waals surface area (Å²) in [5.74, 6) is -0.592. The highest BCUT2D eigenvalue weighted by molar-refractivity contribution is 9.10. The van der Waals surface area contributed by atoms with Gasteiger partial charge in [0.1, 0.15) is 5.82 Å². The topological polar surface area (TPSA) is 126 Å². The third-order valence-corrected chi connectivity index (χ3v) is 5.50. The van der Waals surface area contributed by atoms with Gasteiger partial charge in [-0.25, -0.2) is 4.98 Å². The first kappa shape index (κ1) is 25.0. The summed E-state index contributed by atoms with van der Waals surface area (Å²) in [6, 6.07) is 7.89. The monoisotopic (exact) mass is 530 g/mol. The van der Waals surface area contributed by atoms with Crippen LogP contribution in [0, 0.1) is 10.1 Å². The Bertz CT molecular complexity index is 1350. The largest absolute Gasteiger partial charge is 0.490 e. The number of nitro benzene ring substituents is 1. The van der Waals surface area contributed by atoms with Gasteiger partial charge in [0.05, 0.1) is 28.6 Å². The highest BCUT2D eigenvalue weighted by Crippen LogP contribution is 2.38. The molecule has 3 aromatic rings. The Morgan fingerprint density at radius 2 is 2.06 bits per heavy atom. The second-order valence-corrected chi connectivity index (χ2v) is 8.37. The minimum atomic E-state index is -0.719. The molecule has 2 aromatic carbocycles. The van der Waals surface area contributed by atoms with Crippen LogP contribution in [0.15, 0.2) is 44.7 Å². The van der Waals surface area contributed by atoms with Crippen molar-refractivity contribution in [3.8, 4) is 11.5 Å². The van der Waals surface area contributed by atoms with Gasteiger partial charge in [0, 0.05) is 28.9 Å². The van der Waals surface area contributed by atoms with E-state index in [4.69, 9.17) is 9.47 Å². The number of hydrogen-bond donors (Lipinski definition) is 0. The van der Waals surface area contributed by atoms with E-state index in [0.29, 0.717) is 16.7 Å². The number of fused-ring (bicyclic) bond motifs is 1. The van der Waals surface area contributed by atoms with E-state index in [9.17, 15) is 19.7 Å². The third kappa shape index (κ3) is 5.30. The summed E-state index contributed by atoms with van der Waals surface area (Å²) in [4.78, 5) is 40.3. The van der Waals surface area contributed by atoms with Gasteiger partial charge < -0.3 is 9.47 Å². The Kier molecular flexibility index (Phi) is 7.77. The van der Waals surface area contributed by atoms with Crippen LogP contribution in [0.5, 0.6) is 11.5 Å². The summed E-state index contributed by atoms with van der Waals surface area (Å²) in [6.07, 6.45) is 2.03. The summed E-state index contributed by atoms with van der Waals surface area (Å²) in [7, 11) is 0. The molecule has 178 valence electrons. The van der Waals surface area contributed by atoms with Crippen molar-refractivity contribution in [1.82, 2.24) is 9.66 Å². The number of hydrogen-bond acceptors (Lipinski definition) is 8. The summed E-state index contributed by atoms with van der Waals surface area (Å²) in [5, 5.41) is 16.4. The number of carbonyl (C=O) groups excluding carboxylic acids is 1. The van der Waals surface area contributed by atoms with E-state index in [1.54, 1.807) is 19.1 Å². The van der Waals surface area contributed by atoms with Gasteiger partial charge in [0.25, 0.3) is 5.56 Å². The zero-order chi connectivity index (χ0) is 25.0. The zero-order valence-corrected chi connectivity index (χ0v) is 20.7. The van der Waals surface area contributed by atoms with E-state index in [0.717, 1.165) is 17.8 Å². The van der Waals surface area contributed by atoms with E-state index >= 15 is 0 Å². The van der Waals surface area contributed by atoms with Gasteiger partial charge in [-0.1, -0.05) is 29.8 Å². The molecule has 1 aromatic heterocycles. The van der Waals surface area contributed by atoms with Crippen molar-refractivity contribution in [3.63, 3.8) is 0 Å². The fraction of sp³-hybridized carbons (Fsp3) is 0.304. The summed E-state index contributed by atoms with van der Waals surface area (Å²) in [5.41, 5.74) is 0.00363. The molecule has 0 radical (unpaired) electrons. The summed E-state index contributed by atoms with van der Waals surface area (Å²) >= 11 is 3.37. The molecule has 11 heteroatoms. The Hall–Kier alpha value is -3.60. The van der Waals surface area contributed by atoms with Crippen LogP contribution in [0.1, 0.15) is 51.4 Å². The van der Waals surface area contributed by atoms with Gasteiger partial charge >= 0.3 is 11.7 Å².